The molecule has 0 aromatic heterocycles. The SMILES string of the molecule is CCN(CCO)C1CC(C)(O)C(=O)C1=O. The fourth-order valence-electron chi connectivity index (χ4n) is 1.94. The van der Waals surface area contributed by atoms with Crippen molar-refractivity contribution < 1.29 is 19.8 Å². The smallest absolute Gasteiger partial charge is 0.231 e. The van der Waals surface area contributed by atoms with E-state index < -0.39 is 23.2 Å². The summed E-state index contributed by atoms with van der Waals surface area (Å²) in [5.41, 5.74) is -1.54. The lowest BCUT2D eigenvalue weighted by Gasteiger charge is -2.25. The minimum absolute atomic E-state index is 0.0616. The number of aliphatic hydroxyl groups is 2. The van der Waals surface area contributed by atoms with Gasteiger partial charge in [-0.05, 0) is 13.5 Å². The first-order valence-corrected chi connectivity index (χ1v) is 5.10. The minimum atomic E-state index is -1.54. The van der Waals surface area contributed by atoms with Crippen LogP contribution in [0.5, 0.6) is 0 Å². The summed E-state index contributed by atoms with van der Waals surface area (Å²) in [5.74, 6) is -1.26. The van der Waals surface area contributed by atoms with Crippen LogP contribution in [0.4, 0.5) is 0 Å². The first kappa shape index (κ1) is 12.3. The van der Waals surface area contributed by atoms with Crippen LogP contribution in [0.25, 0.3) is 0 Å². The van der Waals surface area contributed by atoms with E-state index in [4.69, 9.17) is 5.11 Å². The highest BCUT2D eigenvalue weighted by atomic mass is 16.3. The lowest BCUT2D eigenvalue weighted by atomic mass is 10.0. The van der Waals surface area contributed by atoms with Crippen molar-refractivity contribution in [3.63, 3.8) is 0 Å². The van der Waals surface area contributed by atoms with Crippen molar-refractivity contribution in [3.8, 4) is 0 Å². The van der Waals surface area contributed by atoms with Crippen molar-refractivity contribution >= 4 is 11.6 Å². The van der Waals surface area contributed by atoms with E-state index in [0.717, 1.165) is 0 Å². The van der Waals surface area contributed by atoms with Crippen molar-refractivity contribution in [1.82, 2.24) is 4.90 Å². The Labute approximate surface area is 88.7 Å². The first-order chi connectivity index (χ1) is 6.94. The quantitative estimate of drug-likeness (QED) is 0.586. The van der Waals surface area contributed by atoms with E-state index in [-0.39, 0.29) is 13.0 Å². The van der Waals surface area contributed by atoms with Crippen molar-refractivity contribution in [2.75, 3.05) is 19.7 Å². The lowest BCUT2D eigenvalue weighted by Crippen LogP contribution is -2.41. The maximum atomic E-state index is 11.6. The van der Waals surface area contributed by atoms with Gasteiger partial charge in [0.1, 0.15) is 5.60 Å². The number of hydrogen-bond donors (Lipinski definition) is 2. The molecule has 1 rings (SSSR count). The maximum Gasteiger partial charge on any atom is 0.231 e. The van der Waals surface area contributed by atoms with Gasteiger partial charge in [0.25, 0.3) is 0 Å². The molecular weight excluding hydrogens is 198 g/mol. The second-order valence-electron chi connectivity index (χ2n) is 4.04. The Kier molecular flexibility index (Phi) is 3.59. The Balaban J connectivity index is 2.80. The molecule has 0 aliphatic heterocycles. The van der Waals surface area contributed by atoms with E-state index in [1.165, 1.54) is 6.92 Å². The van der Waals surface area contributed by atoms with E-state index in [2.05, 4.69) is 0 Å². The van der Waals surface area contributed by atoms with Crippen LogP contribution in [-0.2, 0) is 9.59 Å². The van der Waals surface area contributed by atoms with Gasteiger partial charge < -0.3 is 10.2 Å². The Bertz CT molecular complexity index is 275. The summed E-state index contributed by atoms with van der Waals surface area (Å²) in [6, 6.07) is -0.579. The summed E-state index contributed by atoms with van der Waals surface area (Å²) in [6.45, 7) is 4.06. The fraction of sp³-hybridized carbons (Fsp3) is 0.800. The van der Waals surface area contributed by atoms with Crippen LogP contribution < -0.4 is 0 Å². The van der Waals surface area contributed by atoms with Gasteiger partial charge in [0.2, 0.25) is 11.6 Å². The number of carbonyl (C=O) groups is 2. The molecule has 0 saturated heterocycles. The average Bonchev–Trinajstić information content (AvgIpc) is 2.39. The molecule has 0 amide bonds. The molecule has 1 saturated carbocycles. The molecule has 1 aliphatic carbocycles. The number of Topliss-reactive ketones (excluding diaryl/α,β-unsaturated/α-hetero) is 2. The van der Waals surface area contributed by atoms with Crippen molar-refractivity contribution in [2.24, 2.45) is 0 Å². The van der Waals surface area contributed by atoms with Gasteiger partial charge in [0, 0.05) is 13.0 Å². The lowest BCUT2D eigenvalue weighted by molar-refractivity contribution is -0.142. The number of nitrogens with zero attached hydrogens (tertiary/aromatic N) is 1. The number of likely N-dealkylation sites (N-methyl/N-ethyl adjacent to an activating group) is 1. The molecule has 0 heterocycles. The number of ketones is 2. The van der Waals surface area contributed by atoms with Gasteiger partial charge in [-0.3, -0.25) is 14.5 Å². The summed E-state index contributed by atoms with van der Waals surface area (Å²) >= 11 is 0. The van der Waals surface area contributed by atoms with Gasteiger partial charge in [0.15, 0.2) is 0 Å². The monoisotopic (exact) mass is 215 g/mol. The minimum Gasteiger partial charge on any atom is -0.395 e. The van der Waals surface area contributed by atoms with Crippen LogP contribution >= 0.6 is 0 Å². The molecule has 1 fully saturated rings. The zero-order chi connectivity index (χ0) is 11.6. The Morgan fingerprint density at radius 1 is 1.53 bits per heavy atom. The van der Waals surface area contributed by atoms with Gasteiger partial charge in [0.05, 0.1) is 12.6 Å². The third-order valence-corrected chi connectivity index (χ3v) is 2.84. The molecule has 0 aromatic carbocycles. The van der Waals surface area contributed by atoms with Gasteiger partial charge in [-0.1, -0.05) is 6.92 Å². The number of aliphatic hydroxyl groups excluding tert-OH is 1. The molecular formula is C10H17NO4. The first-order valence-electron chi connectivity index (χ1n) is 5.10. The molecule has 0 bridgehead atoms. The van der Waals surface area contributed by atoms with E-state index in [1.54, 1.807) is 4.90 Å². The van der Waals surface area contributed by atoms with Crippen molar-refractivity contribution in [3.05, 3.63) is 0 Å². The molecule has 5 nitrogen and oxygen atoms in total. The van der Waals surface area contributed by atoms with Crippen molar-refractivity contribution in [2.45, 2.75) is 31.9 Å². The van der Waals surface area contributed by atoms with Gasteiger partial charge in [-0.2, -0.15) is 0 Å². The van der Waals surface area contributed by atoms with Crippen LogP contribution in [0.3, 0.4) is 0 Å². The summed E-state index contributed by atoms with van der Waals surface area (Å²) in [5, 5.41) is 18.5. The molecule has 86 valence electrons. The Hall–Kier alpha value is -0.780. The zero-order valence-electron chi connectivity index (χ0n) is 9.06. The number of rotatable bonds is 4. The predicted octanol–water partition coefficient (Wildman–Crippen LogP) is -1.04. The summed E-state index contributed by atoms with van der Waals surface area (Å²) in [7, 11) is 0. The normalized spacial score (nSPS) is 31.7. The average molecular weight is 215 g/mol. The third-order valence-electron chi connectivity index (χ3n) is 2.84. The molecule has 2 unspecified atom stereocenters. The van der Waals surface area contributed by atoms with Crippen LogP contribution in [0.15, 0.2) is 0 Å². The van der Waals surface area contributed by atoms with Gasteiger partial charge >= 0.3 is 0 Å². The van der Waals surface area contributed by atoms with E-state index >= 15 is 0 Å². The molecule has 0 radical (unpaired) electrons. The molecule has 15 heavy (non-hydrogen) atoms. The highest BCUT2D eigenvalue weighted by Gasteiger charge is 2.50. The van der Waals surface area contributed by atoms with E-state index in [9.17, 15) is 14.7 Å². The van der Waals surface area contributed by atoms with Gasteiger partial charge in [-0.25, -0.2) is 0 Å². The second kappa shape index (κ2) is 4.38. The third kappa shape index (κ3) is 2.25. The molecule has 2 N–H and O–H groups in total. The predicted molar refractivity (Wildman–Crippen MR) is 53.4 cm³/mol. The standard InChI is InChI=1S/C10H17NO4/c1-3-11(4-5-12)7-6-10(2,15)9(14)8(7)13/h7,12,15H,3-6H2,1-2H3. The van der Waals surface area contributed by atoms with Crippen LogP contribution in [0.1, 0.15) is 20.3 Å². The molecule has 1 aliphatic rings. The molecule has 5 heteroatoms. The molecule has 0 aromatic rings. The maximum absolute atomic E-state index is 11.6. The fourth-order valence-corrected chi connectivity index (χ4v) is 1.94. The van der Waals surface area contributed by atoms with Crippen LogP contribution in [-0.4, -0.2) is 58.0 Å². The number of carbonyl (C=O) groups excluding carboxylic acids is 2. The van der Waals surface area contributed by atoms with E-state index in [1.807, 2.05) is 6.92 Å². The largest absolute Gasteiger partial charge is 0.395 e. The highest BCUT2D eigenvalue weighted by molar-refractivity contribution is 6.44. The Morgan fingerprint density at radius 2 is 2.13 bits per heavy atom. The number of hydrogen-bond acceptors (Lipinski definition) is 5. The highest BCUT2D eigenvalue weighted by Crippen LogP contribution is 2.26. The second-order valence-corrected chi connectivity index (χ2v) is 4.04. The topological polar surface area (TPSA) is 77.8 Å². The van der Waals surface area contributed by atoms with E-state index in [0.29, 0.717) is 13.1 Å². The van der Waals surface area contributed by atoms with Crippen LogP contribution in [0.2, 0.25) is 0 Å². The van der Waals surface area contributed by atoms with Crippen LogP contribution in [0, 0.1) is 0 Å². The molecule has 0 spiro atoms. The van der Waals surface area contributed by atoms with Gasteiger partial charge in [-0.15, -0.1) is 0 Å². The zero-order valence-corrected chi connectivity index (χ0v) is 9.06. The summed E-state index contributed by atoms with van der Waals surface area (Å²) < 4.78 is 0. The van der Waals surface area contributed by atoms with Crippen molar-refractivity contribution in [1.29, 1.82) is 0 Å². The molecule has 2 atom stereocenters. The Morgan fingerprint density at radius 3 is 2.47 bits per heavy atom. The summed E-state index contributed by atoms with van der Waals surface area (Å²) in [6.07, 6.45) is 0.124. The summed E-state index contributed by atoms with van der Waals surface area (Å²) in [4.78, 5) is 24.6.